The van der Waals surface area contributed by atoms with Crippen LogP contribution in [-0.4, -0.2) is 30.9 Å². The van der Waals surface area contributed by atoms with E-state index in [9.17, 15) is 9.59 Å². The average molecular weight is 390 g/mol. The third-order valence-electron chi connectivity index (χ3n) is 3.63. The number of carbonyl (C=O) groups excluding carboxylic acids is 1. The summed E-state index contributed by atoms with van der Waals surface area (Å²) < 4.78 is 1.55. The summed E-state index contributed by atoms with van der Waals surface area (Å²) in [4.78, 5) is 28.6. The van der Waals surface area contributed by atoms with Gasteiger partial charge in [-0.15, -0.1) is 16.4 Å². The predicted molar refractivity (Wildman–Crippen MR) is 105 cm³/mol. The van der Waals surface area contributed by atoms with Crippen LogP contribution in [-0.2, 0) is 11.3 Å². The minimum Gasteiger partial charge on any atom is -0.301 e. The lowest BCUT2D eigenvalue weighted by molar-refractivity contribution is -0.115. The molecule has 0 aliphatic heterocycles. The number of nitrogens with one attached hydrogen (secondary N) is 2. The van der Waals surface area contributed by atoms with E-state index in [0.717, 1.165) is 17.7 Å². The number of amides is 1. The highest BCUT2D eigenvalue weighted by Gasteiger charge is 2.20. The van der Waals surface area contributed by atoms with Gasteiger partial charge in [-0.25, -0.2) is 14.9 Å². The van der Waals surface area contributed by atoms with E-state index in [1.165, 1.54) is 23.1 Å². The molecule has 0 saturated heterocycles. The number of nitrogens with zero attached hydrogens (tertiary/aromatic N) is 3. The van der Waals surface area contributed by atoms with Crippen LogP contribution in [0.4, 0.5) is 5.13 Å². The van der Waals surface area contributed by atoms with Gasteiger partial charge >= 0.3 is 5.69 Å². The number of rotatable bonds is 7. The van der Waals surface area contributed by atoms with Crippen molar-refractivity contribution < 1.29 is 4.79 Å². The fourth-order valence-electron chi connectivity index (χ4n) is 2.31. The Labute approximate surface area is 158 Å². The van der Waals surface area contributed by atoms with Crippen molar-refractivity contribution in [3.05, 3.63) is 46.2 Å². The van der Waals surface area contributed by atoms with Gasteiger partial charge < -0.3 is 5.32 Å². The summed E-state index contributed by atoms with van der Waals surface area (Å²) in [6.07, 6.45) is 0.814. The van der Waals surface area contributed by atoms with E-state index in [1.807, 2.05) is 42.6 Å². The zero-order valence-electron chi connectivity index (χ0n) is 14.4. The van der Waals surface area contributed by atoms with Gasteiger partial charge in [0.05, 0.1) is 10.9 Å². The molecule has 136 valence electrons. The molecule has 2 N–H and O–H groups in total. The van der Waals surface area contributed by atoms with Gasteiger partial charge in [0, 0.05) is 17.5 Å². The lowest BCUT2D eigenvalue weighted by atomic mass is 10.2. The van der Waals surface area contributed by atoms with Crippen molar-refractivity contribution in [1.82, 2.24) is 19.7 Å². The van der Waals surface area contributed by atoms with Crippen LogP contribution in [0.2, 0.25) is 0 Å². The number of aromatic amines is 1. The van der Waals surface area contributed by atoms with Crippen LogP contribution >= 0.6 is 23.1 Å². The van der Waals surface area contributed by atoms with Crippen LogP contribution in [0.25, 0.3) is 11.3 Å². The molecule has 0 fully saturated rings. The zero-order chi connectivity index (χ0) is 18.5. The van der Waals surface area contributed by atoms with Crippen molar-refractivity contribution >= 4 is 34.1 Å². The molecule has 2 heterocycles. The van der Waals surface area contributed by atoms with Crippen molar-refractivity contribution in [2.24, 2.45) is 0 Å². The van der Waals surface area contributed by atoms with E-state index >= 15 is 0 Å². The Kier molecular flexibility index (Phi) is 5.89. The van der Waals surface area contributed by atoms with Gasteiger partial charge in [-0.05, 0) is 13.3 Å². The summed E-state index contributed by atoms with van der Waals surface area (Å²) in [6, 6.07) is 9.80. The monoisotopic (exact) mass is 389 g/mol. The molecule has 7 nitrogen and oxygen atoms in total. The molecule has 1 unspecified atom stereocenters. The number of carbonyl (C=O) groups is 1. The third-order valence-corrected chi connectivity index (χ3v) is 5.47. The van der Waals surface area contributed by atoms with E-state index < -0.39 is 5.25 Å². The molecule has 3 aromatic rings. The van der Waals surface area contributed by atoms with Crippen LogP contribution in [0.5, 0.6) is 0 Å². The first-order chi connectivity index (χ1) is 12.6. The van der Waals surface area contributed by atoms with Crippen molar-refractivity contribution in [2.75, 3.05) is 5.32 Å². The molecule has 3 rings (SSSR count). The summed E-state index contributed by atoms with van der Waals surface area (Å²) in [6.45, 7) is 4.33. The molecule has 26 heavy (non-hydrogen) atoms. The maximum atomic E-state index is 12.4. The number of H-pyrrole nitrogens is 1. The fraction of sp³-hybridized carbons (Fsp3) is 0.294. The van der Waals surface area contributed by atoms with Gasteiger partial charge in [-0.1, -0.05) is 49.0 Å². The van der Waals surface area contributed by atoms with E-state index in [2.05, 4.69) is 20.5 Å². The number of thioether (sulfide) groups is 1. The first kappa shape index (κ1) is 18.4. The second kappa shape index (κ2) is 8.33. The number of aromatic nitrogens is 4. The van der Waals surface area contributed by atoms with Crippen LogP contribution in [0.15, 0.2) is 45.7 Å². The fourth-order valence-corrected chi connectivity index (χ4v) is 3.91. The first-order valence-corrected chi connectivity index (χ1v) is 9.98. The molecule has 1 atom stereocenters. The van der Waals surface area contributed by atoms with Crippen molar-refractivity contribution in [3.8, 4) is 11.3 Å². The Morgan fingerprint density at radius 3 is 2.88 bits per heavy atom. The quantitative estimate of drug-likeness (QED) is 0.605. The van der Waals surface area contributed by atoms with Crippen molar-refractivity contribution in [1.29, 1.82) is 0 Å². The standard InChI is InChI=1S/C17H19N5O2S2/c1-3-9-22-16(24)20-21-17(22)26-11(2)14(23)19-15-18-13(10-25-15)12-7-5-4-6-8-12/h4-8,10-11H,3,9H2,1-2H3,(H,20,24)(H,18,19,23). The van der Waals surface area contributed by atoms with Crippen molar-refractivity contribution in [3.63, 3.8) is 0 Å². The molecular weight excluding hydrogens is 370 g/mol. The Morgan fingerprint density at radius 1 is 1.38 bits per heavy atom. The Hall–Kier alpha value is -2.39. The van der Waals surface area contributed by atoms with Gasteiger partial charge in [0.25, 0.3) is 0 Å². The number of benzene rings is 1. The van der Waals surface area contributed by atoms with Gasteiger partial charge in [0.1, 0.15) is 0 Å². The molecule has 9 heteroatoms. The van der Waals surface area contributed by atoms with E-state index in [-0.39, 0.29) is 11.6 Å². The van der Waals surface area contributed by atoms with Crippen molar-refractivity contribution in [2.45, 2.75) is 37.2 Å². The molecule has 0 spiro atoms. The molecule has 0 radical (unpaired) electrons. The zero-order valence-corrected chi connectivity index (χ0v) is 16.1. The summed E-state index contributed by atoms with van der Waals surface area (Å²) >= 11 is 2.63. The highest BCUT2D eigenvalue weighted by atomic mass is 32.2. The molecule has 0 aliphatic carbocycles. The Morgan fingerprint density at radius 2 is 2.15 bits per heavy atom. The second-order valence-electron chi connectivity index (χ2n) is 5.62. The number of hydrogen-bond acceptors (Lipinski definition) is 6. The Balaban J connectivity index is 1.65. The van der Waals surface area contributed by atoms with Gasteiger partial charge in [0.2, 0.25) is 5.91 Å². The lowest BCUT2D eigenvalue weighted by Crippen LogP contribution is -2.24. The molecule has 1 aromatic carbocycles. The maximum Gasteiger partial charge on any atom is 0.343 e. The van der Waals surface area contributed by atoms with Gasteiger partial charge in [-0.2, -0.15) is 0 Å². The molecule has 0 bridgehead atoms. The molecule has 0 saturated carbocycles. The predicted octanol–water partition coefficient (Wildman–Crippen LogP) is 3.22. The van der Waals surface area contributed by atoms with Crippen LogP contribution in [0, 0.1) is 0 Å². The highest BCUT2D eigenvalue weighted by molar-refractivity contribution is 8.00. The summed E-state index contributed by atoms with van der Waals surface area (Å²) in [7, 11) is 0. The SMILES string of the molecule is CCCn1c(SC(C)C(=O)Nc2nc(-c3ccccc3)cs2)n[nH]c1=O. The second-order valence-corrected chi connectivity index (χ2v) is 7.78. The smallest absolute Gasteiger partial charge is 0.301 e. The topological polar surface area (TPSA) is 92.7 Å². The number of anilines is 1. The van der Waals surface area contributed by atoms with Crippen LogP contribution in [0.1, 0.15) is 20.3 Å². The van der Waals surface area contributed by atoms with Gasteiger partial charge in [-0.3, -0.25) is 9.36 Å². The maximum absolute atomic E-state index is 12.4. The summed E-state index contributed by atoms with van der Waals surface area (Å²) in [5.74, 6) is -0.178. The van der Waals surface area contributed by atoms with Gasteiger partial charge in [0.15, 0.2) is 10.3 Å². The van der Waals surface area contributed by atoms with E-state index in [0.29, 0.717) is 16.8 Å². The van der Waals surface area contributed by atoms with Crippen LogP contribution in [0.3, 0.4) is 0 Å². The van der Waals surface area contributed by atoms with E-state index in [4.69, 9.17) is 0 Å². The number of thiazole rings is 1. The Bertz CT molecular complexity index is 932. The highest BCUT2D eigenvalue weighted by Crippen LogP contribution is 2.26. The largest absolute Gasteiger partial charge is 0.343 e. The minimum atomic E-state index is -0.412. The molecule has 0 aliphatic rings. The summed E-state index contributed by atoms with van der Waals surface area (Å²) in [5.41, 5.74) is 1.58. The average Bonchev–Trinajstić information content (AvgIpc) is 3.24. The number of hydrogen-bond donors (Lipinski definition) is 2. The minimum absolute atomic E-state index is 0.178. The van der Waals surface area contributed by atoms with Crippen LogP contribution < -0.4 is 11.0 Å². The normalized spacial score (nSPS) is 12.1. The lowest BCUT2D eigenvalue weighted by Gasteiger charge is -2.10. The first-order valence-electron chi connectivity index (χ1n) is 8.22. The third kappa shape index (κ3) is 4.23. The molecule has 2 aromatic heterocycles. The van der Waals surface area contributed by atoms with E-state index in [1.54, 1.807) is 11.5 Å². The molecular formula is C17H19N5O2S2. The summed E-state index contributed by atoms with van der Waals surface area (Å²) in [5, 5.41) is 11.8. The molecule has 1 amide bonds.